The van der Waals surface area contributed by atoms with Crippen LogP contribution in [-0.4, -0.2) is 90.3 Å². The number of aromatic nitrogens is 1. The molecule has 1 aliphatic heterocycles. The van der Waals surface area contributed by atoms with Gasteiger partial charge in [0.15, 0.2) is 6.54 Å². The Kier molecular flexibility index (Phi) is 12.5. The standard InChI is InChI=1S/C51H61N3O11S2/c1-32-15-18-36(19-16-32)67(63,64)54(48(58)47-37-10-4-6-12-42(37)53(25-9-27-66(60,61)62)43-13-7-5-11-38(43)47)26-8-14-45(56)52-35-21-23-49(2)34(29-35)17-20-40-41(49)30-44(55)50(3)39(22-24-51(40,50)59)33-28-46(57)65-31-33/h4-7,10-13,15-16,18-19,28,34-35,39-41,44,55,59H,8-9,14,17,20-27,29-31H2,1-3H3,(H-,52,56,60,61,62)/t34-,35-,39-,40-,41+,44-,49+,50+,51+/m1/s1. The second kappa shape index (κ2) is 17.7. The van der Waals surface area contributed by atoms with Crippen LogP contribution in [0, 0.1) is 41.4 Å². The first-order valence-corrected chi connectivity index (χ1v) is 26.8. The molecule has 16 heteroatoms. The van der Waals surface area contributed by atoms with E-state index >= 15 is 4.79 Å². The van der Waals surface area contributed by atoms with Gasteiger partial charge in [0, 0.05) is 54.8 Å². The summed E-state index contributed by atoms with van der Waals surface area (Å²) in [6.45, 7) is 6.22. The number of pyridine rings is 1. The summed E-state index contributed by atoms with van der Waals surface area (Å²) in [6.07, 6.45) is 6.64. The van der Waals surface area contributed by atoms with Gasteiger partial charge in [-0.15, -0.1) is 0 Å². The first-order valence-electron chi connectivity index (χ1n) is 23.7. The van der Waals surface area contributed by atoms with Crippen molar-refractivity contribution in [3.05, 3.63) is 95.6 Å². The maximum Gasteiger partial charge on any atom is 0.331 e. The molecule has 0 saturated heterocycles. The molecule has 14 nitrogen and oxygen atoms in total. The van der Waals surface area contributed by atoms with Crippen LogP contribution >= 0.6 is 0 Å². The fourth-order valence-electron chi connectivity index (χ4n) is 13.5. The average molecular weight is 956 g/mol. The molecule has 4 aliphatic carbocycles. The largest absolute Gasteiger partial charge is 0.748 e. The van der Waals surface area contributed by atoms with Crippen molar-refractivity contribution in [1.82, 2.24) is 9.62 Å². The van der Waals surface area contributed by atoms with Gasteiger partial charge in [-0.3, -0.25) is 9.59 Å². The zero-order valence-corrected chi connectivity index (χ0v) is 40.0. The summed E-state index contributed by atoms with van der Waals surface area (Å²) in [5, 5.41) is 28.7. The van der Waals surface area contributed by atoms with Crippen molar-refractivity contribution in [2.24, 2.45) is 34.5 Å². The van der Waals surface area contributed by atoms with E-state index in [2.05, 4.69) is 12.2 Å². The highest BCUT2D eigenvalue weighted by molar-refractivity contribution is 7.89. The number of carbonyl (C=O) groups excluding carboxylic acids is 3. The molecule has 2 amide bonds. The number of para-hydroxylation sites is 2. The van der Waals surface area contributed by atoms with E-state index in [1.54, 1.807) is 66.7 Å². The van der Waals surface area contributed by atoms with Crippen LogP contribution in [0.3, 0.4) is 0 Å². The lowest BCUT2D eigenvalue weighted by Gasteiger charge is -2.65. The number of benzene rings is 3. The number of nitrogens with zero attached hydrogens (tertiary/aromatic N) is 2. The predicted octanol–water partition coefficient (Wildman–Crippen LogP) is 5.85. The van der Waals surface area contributed by atoms with Crippen molar-refractivity contribution in [2.75, 3.05) is 18.9 Å². The van der Waals surface area contributed by atoms with Gasteiger partial charge in [0.1, 0.15) is 6.61 Å². The third-order valence-corrected chi connectivity index (χ3v) is 19.5. The van der Waals surface area contributed by atoms with Crippen LogP contribution in [0.5, 0.6) is 0 Å². The third-order valence-electron chi connectivity index (χ3n) is 17.0. The molecule has 4 fully saturated rings. The van der Waals surface area contributed by atoms with Crippen LogP contribution in [0.25, 0.3) is 21.8 Å². The normalized spacial score (nSPS) is 30.5. The Balaban J connectivity index is 0.913. The minimum Gasteiger partial charge on any atom is -0.748 e. The van der Waals surface area contributed by atoms with E-state index in [0.29, 0.717) is 41.1 Å². The van der Waals surface area contributed by atoms with Crippen LogP contribution < -0.4 is 9.88 Å². The number of aliphatic hydroxyl groups is 2. The quantitative estimate of drug-likeness (QED) is 0.0627. The summed E-state index contributed by atoms with van der Waals surface area (Å²) in [5.74, 6) is -1.72. The zero-order chi connectivity index (χ0) is 47.7. The van der Waals surface area contributed by atoms with Crippen LogP contribution in [0.2, 0.25) is 0 Å². The van der Waals surface area contributed by atoms with Crippen molar-refractivity contribution in [3.8, 4) is 0 Å². The number of carbonyl (C=O) groups is 3. The van der Waals surface area contributed by atoms with Crippen LogP contribution in [0.15, 0.2) is 89.3 Å². The Morgan fingerprint density at radius 1 is 0.881 bits per heavy atom. The topological polar surface area (TPSA) is 211 Å². The van der Waals surface area contributed by atoms with Gasteiger partial charge in [-0.05, 0) is 124 Å². The molecule has 9 atom stereocenters. The molecule has 3 N–H and O–H groups in total. The Hall–Kier alpha value is -4.74. The summed E-state index contributed by atoms with van der Waals surface area (Å²) in [7, 11) is -8.91. The van der Waals surface area contributed by atoms with Gasteiger partial charge >= 0.3 is 5.97 Å². The highest BCUT2D eigenvalue weighted by atomic mass is 32.2. The van der Waals surface area contributed by atoms with Gasteiger partial charge in [0.25, 0.3) is 15.9 Å². The lowest BCUT2D eigenvalue weighted by molar-refractivity contribution is -0.645. The molecule has 4 aromatic rings. The lowest BCUT2D eigenvalue weighted by Crippen LogP contribution is -2.67. The number of ether oxygens (including phenoxy) is 1. The Morgan fingerprint density at radius 3 is 2.19 bits per heavy atom. The first kappa shape index (κ1) is 47.3. The minimum atomic E-state index is -4.47. The van der Waals surface area contributed by atoms with Gasteiger partial charge < -0.3 is 24.8 Å². The van der Waals surface area contributed by atoms with Crippen LogP contribution in [0.4, 0.5) is 0 Å². The Bertz CT molecular complexity index is 2830. The molecule has 67 heavy (non-hydrogen) atoms. The van der Waals surface area contributed by atoms with Gasteiger partial charge in [-0.25, -0.2) is 25.9 Å². The molecule has 5 aliphatic rings. The lowest BCUT2D eigenvalue weighted by atomic mass is 9.42. The minimum absolute atomic E-state index is 0.00204. The molecule has 358 valence electrons. The van der Waals surface area contributed by atoms with E-state index in [1.165, 1.54) is 12.1 Å². The van der Waals surface area contributed by atoms with E-state index < -0.39 is 48.9 Å². The molecule has 9 rings (SSSR count). The molecule has 2 heterocycles. The summed E-state index contributed by atoms with van der Waals surface area (Å²) in [4.78, 5) is 40.8. The van der Waals surface area contributed by atoms with E-state index in [-0.39, 0.29) is 96.4 Å². The first-order chi connectivity index (χ1) is 31.8. The number of aliphatic hydroxyl groups excluding tert-OH is 1. The number of esters is 1. The van der Waals surface area contributed by atoms with Crippen LogP contribution in [0.1, 0.15) is 100 Å². The molecule has 0 bridgehead atoms. The number of amides is 2. The van der Waals surface area contributed by atoms with Crippen LogP contribution in [-0.2, 0) is 41.0 Å². The molecule has 0 radical (unpaired) electrons. The second-order valence-corrected chi connectivity index (χ2v) is 23.8. The van der Waals surface area contributed by atoms with E-state index in [4.69, 9.17) is 4.74 Å². The Labute approximate surface area is 392 Å². The predicted molar refractivity (Wildman–Crippen MR) is 249 cm³/mol. The fourth-order valence-corrected chi connectivity index (χ4v) is 15.4. The van der Waals surface area contributed by atoms with Gasteiger partial charge in [0.2, 0.25) is 16.9 Å². The summed E-state index contributed by atoms with van der Waals surface area (Å²) in [5.41, 5.74) is 0.944. The third kappa shape index (κ3) is 8.27. The highest BCUT2D eigenvalue weighted by Crippen LogP contribution is 2.70. The van der Waals surface area contributed by atoms with E-state index in [9.17, 15) is 41.2 Å². The van der Waals surface area contributed by atoms with Crippen molar-refractivity contribution in [1.29, 1.82) is 0 Å². The second-order valence-electron chi connectivity index (χ2n) is 20.4. The molecular formula is C51H61N3O11S2. The monoisotopic (exact) mass is 955 g/mol. The van der Waals surface area contributed by atoms with Crippen molar-refractivity contribution >= 4 is 59.7 Å². The number of rotatable bonds is 13. The molecule has 4 saturated carbocycles. The summed E-state index contributed by atoms with van der Waals surface area (Å²) in [6, 6.07) is 20.1. The molecular weight excluding hydrogens is 895 g/mol. The number of cyclic esters (lactones) is 1. The fraction of sp³-hybridized carbons (Fsp3) is 0.529. The van der Waals surface area contributed by atoms with E-state index in [1.807, 2.05) is 18.4 Å². The SMILES string of the molecule is Cc1ccc(S(=O)(=O)N(CCCC(=O)N[C@@H]2CC[C@@]3(C)[C@H](CC[C@@H]4[C@@H]3C[C@@H](O)[C@]3(C)[C@@H](C5=CC(=O)OC5)CC[C@]43O)C2)C(=O)c2c3ccccc3[n+](CCCS(=O)(=O)[O-])c3ccccc23)cc1. The van der Waals surface area contributed by atoms with Gasteiger partial charge in [0.05, 0.1) is 43.1 Å². The number of sulfonamides is 1. The summed E-state index contributed by atoms with van der Waals surface area (Å²) >= 11 is 0. The molecule has 3 aromatic carbocycles. The van der Waals surface area contributed by atoms with Crippen molar-refractivity contribution < 1.29 is 55.3 Å². The Morgan fingerprint density at radius 2 is 1.55 bits per heavy atom. The van der Waals surface area contributed by atoms with Gasteiger partial charge in [-0.2, -0.15) is 4.57 Å². The number of hydrogen-bond donors (Lipinski definition) is 3. The van der Waals surface area contributed by atoms with Gasteiger partial charge in [-0.1, -0.05) is 55.8 Å². The smallest absolute Gasteiger partial charge is 0.331 e. The zero-order valence-electron chi connectivity index (χ0n) is 38.4. The highest BCUT2D eigenvalue weighted by Gasteiger charge is 2.70. The van der Waals surface area contributed by atoms with Crippen molar-refractivity contribution in [2.45, 2.75) is 121 Å². The average Bonchev–Trinajstić information content (AvgIpc) is 3.84. The molecule has 0 unspecified atom stereocenters. The maximum atomic E-state index is 15.0. The molecule has 1 aromatic heterocycles. The summed E-state index contributed by atoms with van der Waals surface area (Å²) < 4.78 is 71.6. The number of nitrogens with one attached hydrogen (secondary N) is 1. The maximum absolute atomic E-state index is 15.0. The van der Waals surface area contributed by atoms with E-state index in [0.717, 1.165) is 47.5 Å². The number of fused-ring (bicyclic) bond motifs is 7. The van der Waals surface area contributed by atoms with Crippen molar-refractivity contribution in [3.63, 3.8) is 0 Å². The number of aryl methyl sites for hydroxylation is 2. The molecule has 0 spiro atoms. The number of hydrogen-bond acceptors (Lipinski definition) is 11.